The monoisotopic (exact) mass is 402 g/mol. The highest BCUT2D eigenvalue weighted by molar-refractivity contribution is 7.99. The second-order valence-corrected chi connectivity index (χ2v) is 9.57. The molecule has 8 heteroatoms. The van der Waals surface area contributed by atoms with Crippen molar-refractivity contribution in [3.8, 4) is 0 Å². The number of halogens is 1. The van der Waals surface area contributed by atoms with Gasteiger partial charge in [-0.25, -0.2) is 0 Å². The molecule has 1 atom stereocenters. The quantitative estimate of drug-likeness (QED) is 0.585. The van der Waals surface area contributed by atoms with Crippen molar-refractivity contribution in [1.29, 1.82) is 0 Å². The molecule has 1 aromatic rings. The van der Waals surface area contributed by atoms with Crippen molar-refractivity contribution in [1.82, 2.24) is 15.1 Å². The van der Waals surface area contributed by atoms with Crippen LogP contribution in [0.5, 0.6) is 0 Å². The third-order valence-corrected chi connectivity index (χ3v) is 7.07. The SMILES string of the molecule is CCNC(=NCC1(O)CCSC1)N1CCN(Cc2ccc(Cl)s2)CC1. The number of guanidine groups is 1. The lowest BCUT2D eigenvalue weighted by Gasteiger charge is -2.36. The molecular formula is C17H27ClN4OS2. The molecule has 1 aromatic heterocycles. The molecule has 2 saturated heterocycles. The van der Waals surface area contributed by atoms with E-state index in [0.717, 1.165) is 67.5 Å². The minimum absolute atomic E-state index is 0.496. The van der Waals surface area contributed by atoms with E-state index in [9.17, 15) is 5.11 Å². The van der Waals surface area contributed by atoms with E-state index in [2.05, 4.69) is 28.1 Å². The smallest absolute Gasteiger partial charge is 0.194 e. The Kier molecular flexibility index (Phi) is 6.91. The molecule has 140 valence electrons. The van der Waals surface area contributed by atoms with Crippen LogP contribution in [0.15, 0.2) is 17.1 Å². The standard InChI is InChI=1S/C17H27ClN4OS2/c1-2-19-16(20-12-17(23)5-10-24-13-17)22-8-6-21(7-9-22)11-14-3-4-15(18)25-14/h3-4,23H,2,5-13H2,1H3,(H,19,20). The third-order valence-electron chi connectivity index (χ3n) is 4.62. The van der Waals surface area contributed by atoms with Crippen LogP contribution in [0.1, 0.15) is 18.2 Å². The third kappa shape index (κ3) is 5.50. The molecule has 0 spiro atoms. The molecular weight excluding hydrogens is 376 g/mol. The summed E-state index contributed by atoms with van der Waals surface area (Å²) in [7, 11) is 0. The number of rotatable bonds is 5. The van der Waals surface area contributed by atoms with Crippen molar-refractivity contribution in [2.45, 2.75) is 25.5 Å². The lowest BCUT2D eigenvalue weighted by Crippen LogP contribution is -2.52. The summed E-state index contributed by atoms with van der Waals surface area (Å²) in [6, 6.07) is 4.09. The van der Waals surface area contributed by atoms with Gasteiger partial charge in [-0.1, -0.05) is 11.6 Å². The van der Waals surface area contributed by atoms with E-state index in [1.165, 1.54) is 4.88 Å². The number of thiophene rings is 1. The summed E-state index contributed by atoms with van der Waals surface area (Å²) in [6.45, 7) is 8.34. The fraction of sp³-hybridized carbons (Fsp3) is 0.706. The number of piperazine rings is 1. The van der Waals surface area contributed by atoms with Crippen LogP contribution >= 0.6 is 34.7 Å². The summed E-state index contributed by atoms with van der Waals surface area (Å²) in [4.78, 5) is 10.8. The Balaban J connectivity index is 1.53. The van der Waals surface area contributed by atoms with Gasteiger partial charge in [-0.3, -0.25) is 9.89 Å². The molecule has 0 amide bonds. The van der Waals surface area contributed by atoms with Crippen molar-refractivity contribution in [3.05, 3.63) is 21.3 Å². The molecule has 1 unspecified atom stereocenters. The molecule has 3 heterocycles. The van der Waals surface area contributed by atoms with Crippen LogP contribution in [0.2, 0.25) is 4.34 Å². The fourth-order valence-electron chi connectivity index (χ4n) is 3.14. The summed E-state index contributed by atoms with van der Waals surface area (Å²) in [5, 5.41) is 13.9. The first-order chi connectivity index (χ1) is 12.1. The normalized spacial score (nSPS) is 25.6. The number of aliphatic imine (C=N–C) groups is 1. The van der Waals surface area contributed by atoms with Crippen LogP contribution in [0.4, 0.5) is 0 Å². The Bertz CT molecular complexity index is 581. The van der Waals surface area contributed by atoms with Crippen LogP contribution in [0.25, 0.3) is 0 Å². The predicted molar refractivity (Wildman–Crippen MR) is 109 cm³/mol. The first-order valence-electron chi connectivity index (χ1n) is 8.88. The highest BCUT2D eigenvalue weighted by Crippen LogP contribution is 2.28. The lowest BCUT2D eigenvalue weighted by molar-refractivity contribution is 0.0773. The Hall–Kier alpha value is -0.470. The van der Waals surface area contributed by atoms with Crippen LogP contribution in [0.3, 0.4) is 0 Å². The first kappa shape index (κ1) is 19.3. The van der Waals surface area contributed by atoms with Gasteiger partial charge in [-0.05, 0) is 31.2 Å². The zero-order chi connectivity index (χ0) is 17.7. The Labute approximate surface area is 163 Å². The minimum atomic E-state index is -0.619. The van der Waals surface area contributed by atoms with E-state index in [-0.39, 0.29) is 0 Å². The lowest BCUT2D eigenvalue weighted by atomic mass is 10.0. The average molecular weight is 403 g/mol. The Morgan fingerprint density at radius 1 is 1.36 bits per heavy atom. The zero-order valence-corrected chi connectivity index (χ0v) is 17.1. The van der Waals surface area contributed by atoms with Crippen molar-refractivity contribution >= 4 is 40.7 Å². The molecule has 5 nitrogen and oxygen atoms in total. The maximum atomic E-state index is 10.5. The van der Waals surface area contributed by atoms with Crippen LogP contribution in [0, 0.1) is 0 Å². The van der Waals surface area contributed by atoms with Gasteiger partial charge in [0, 0.05) is 49.9 Å². The minimum Gasteiger partial charge on any atom is -0.387 e. The van der Waals surface area contributed by atoms with Crippen molar-refractivity contribution < 1.29 is 5.11 Å². The van der Waals surface area contributed by atoms with Gasteiger partial charge in [-0.15, -0.1) is 11.3 Å². The fourth-order valence-corrected chi connectivity index (χ4v) is 5.56. The summed E-state index contributed by atoms with van der Waals surface area (Å²) >= 11 is 9.50. The van der Waals surface area contributed by atoms with E-state index < -0.39 is 5.60 Å². The maximum Gasteiger partial charge on any atom is 0.194 e. The number of aliphatic hydroxyl groups is 1. The average Bonchev–Trinajstić information content (AvgIpc) is 3.21. The predicted octanol–water partition coefficient (Wildman–Crippen LogP) is 2.35. The molecule has 0 bridgehead atoms. The van der Waals surface area contributed by atoms with Crippen LogP contribution < -0.4 is 5.32 Å². The number of hydrogen-bond donors (Lipinski definition) is 2. The van der Waals surface area contributed by atoms with Gasteiger partial charge < -0.3 is 15.3 Å². The molecule has 0 aliphatic carbocycles. The molecule has 25 heavy (non-hydrogen) atoms. The summed E-state index contributed by atoms with van der Waals surface area (Å²) in [6.07, 6.45) is 0.845. The van der Waals surface area contributed by atoms with E-state index in [0.29, 0.717) is 6.54 Å². The molecule has 3 rings (SSSR count). The van der Waals surface area contributed by atoms with E-state index in [4.69, 9.17) is 16.6 Å². The summed E-state index contributed by atoms with van der Waals surface area (Å²) < 4.78 is 0.859. The van der Waals surface area contributed by atoms with E-state index in [1.54, 1.807) is 11.3 Å². The van der Waals surface area contributed by atoms with Crippen molar-refractivity contribution in [2.75, 3.05) is 50.8 Å². The second kappa shape index (κ2) is 8.95. The van der Waals surface area contributed by atoms with Gasteiger partial charge in [0.1, 0.15) is 0 Å². The van der Waals surface area contributed by atoms with Crippen molar-refractivity contribution in [3.63, 3.8) is 0 Å². The molecule has 2 aliphatic heterocycles. The highest BCUT2D eigenvalue weighted by Gasteiger charge is 2.32. The first-order valence-corrected chi connectivity index (χ1v) is 11.2. The number of nitrogens with one attached hydrogen (secondary N) is 1. The zero-order valence-electron chi connectivity index (χ0n) is 14.7. The highest BCUT2D eigenvalue weighted by atomic mass is 35.5. The molecule has 2 fully saturated rings. The van der Waals surface area contributed by atoms with Crippen LogP contribution in [-0.4, -0.2) is 77.2 Å². The number of hydrogen-bond acceptors (Lipinski definition) is 5. The largest absolute Gasteiger partial charge is 0.387 e. The Morgan fingerprint density at radius 3 is 2.76 bits per heavy atom. The number of thioether (sulfide) groups is 1. The van der Waals surface area contributed by atoms with E-state index in [1.807, 2.05) is 17.8 Å². The number of nitrogens with zero attached hydrogens (tertiary/aromatic N) is 3. The topological polar surface area (TPSA) is 51.1 Å². The maximum absolute atomic E-state index is 10.5. The van der Waals surface area contributed by atoms with Gasteiger partial charge in [0.2, 0.25) is 0 Å². The van der Waals surface area contributed by atoms with Crippen LogP contribution in [-0.2, 0) is 6.54 Å². The van der Waals surface area contributed by atoms with Gasteiger partial charge >= 0.3 is 0 Å². The summed E-state index contributed by atoms with van der Waals surface area (Å²) in [5.74, 6) is 2.77. The molecule has 0 radical (unpaired) electrons. The van der Waals surface area contributed by atoms with Gasteiger partial charge in [0.25, 0.3) is 0 Å². The molecule has 2 aliphatic rings. The molecule has 2 N–H and O–H groups in total. The molecule has 0 aromatic carbocycles. The molecule has 0 saturated carbocycles. The van der Waals surface area contributed by atoms with Gasteiger partial charge in [0.15, 0.2) is 5.96 Å². The second-order valence-electron chi connectivity index (χ2n) is 6.67. The van der Waals surface area contributed by atoms with E-state index >= 15 is 0 Å². The van der Waals surface area contributed by atoms with Crippen molar-refractivity contribution in [2.24, 2.45) is 4.99 Å². The summed E-state index contributed by atoms with van der Waals surface area (Å²) in [5.41, 5.74) is -0.619. The van der Waals surface area contributed by atoms with Gasteiger partial charge in [-0.2, -0.15) is 11.8 Å². The Morgan fingerprint density at radius 2 is 2.16 bits per heavy atom. The van der Waals surface area contributed by atoms with Gasteiger partial charge in [0.05, 0.1) is 16.5 Å².